The van der Waals surface area contributed by atoms with E-state index in [1.807, 2.05) is 0 Å². The molecule has 0 saturated carbocycles. The summed E-state index contributed by atoms with van der Waals surface area (Å²) in [6.45, 7) is 7.49. The number of carbonyl (C=O) groups is 1. The Balaban J connectivity index is 2.58. The second kappa shape index (κ2) is 6.40. The van der Waals surface area contributed by atoms with Crippen molar-refractivity contribution in [3.63, 3.8) is 0 Å². The fourth-order valence-corrected chi connectivity index (χ4v) is 1.75. The molecule has 1 aromatic rings. The average molecular weight is 234 g/mol. The first kappa shape index (κ1) is 13.7. The Bertz CT molecular complexity index is 399. The van der Waals surface area contributed by atoms with Crippen molar-refractivity contribution in [2.75, 3.05) is 6.54 Å². The molecule has 0 aliphatic rings. The number of aryl methyl sites for hydroxylation is 1. The van der Waals surface area contributed by atoms with Gasteiger partial charge in [0.25, 0.3) is 0 Å². The molecule has 0 saturated heterocycles. The van der Waals surface area contributed by atoms with Crippen molar-refractivity contribution in [3.05, 3.63) is 34.4 Å². The number of amides is 1. The molecule has 0 unspecified atom stereocenters. The number of nitrogens with one attached hydrogen (secondary N) is 1. The maximum Gasteiger partial charge on any atom is 0.220 e. The third-order valence-electron chi connectivity index (χ3n) is 3.25. The van der Waals surface area contributed by atoms with Gasteiger partial charge in [0, 0.05) is 13.0 Å². The van der Waals surface area contributed by atoms with Crippen LogP contribution in [0.1, 0.15) is 35.1 Å². The Labute approximate surface area is 103 Å². The van der Waals surface area contributed by atoms with Crippen LogP contribution in [0.5, 0.6) is 0 Å². The topological polar surface area (TPSA) is 55.1 Å². The zero-order valence-corrected chi connectivity index (χ0v) is 11.0. The quantitative estimate of drug-likeness (QED) is 0.818. The molecule has 3 nitrogen and oxygen atoms in total. The van der Waals surface area contributed by atoms with E-state index < -0.39 is 0 Å². The number of benzene rings is 1. The fourth-order valence-electron chi connectivity index (χ4n) is 1.75. The molecule has 0 radical (unpaired) electrons. The predicted octanol–water partition coefficient (Wildman–Crippen LogP) is 1.97. The van der Waals surface area contributed by atoms with Crippen LogP contribution in [-0.2, 0) is 11.3 Å². The normalized spacial score (nSPS) is 10.4. The zero-order chi connectivity index (χ0) is 12.8. The van der Waals surface area contributed by atoms with Gasteiger partial charge in [0.15, 0.2) is 0 Å². The zero-order valence-electron chi connectivity index (χ0n) is 11.0. The van der Waals surface area contributed by atoms with Crippen molar-refractivity contribution in [2.45, 2.75) is 40.2 Å². The lowest BCUT2D eigenvalue weighted by Crippen LogP contribution is -2.23. The highest BCUT2D eigenvalue weighted by Gasteiger charge is 2.05. The Kier molecular flexibility index (Phi) is 5.16. The lowest BCUT2D eigenvalue weighted by atomic mass is 9.99. The van der Waals surface area contributed by atoms with Gasteiger partial charge in [-0.2, -0.15) is 0 Å². The summed E-state index contributed by atoms with van der Waals surface area (Å²) in [5.41, 5.74) is 10.4. The number of nitrogens with two attached hydrogens (primary N) is 1. The van der Waals surface area contributed by atoms with E-state index in [-0.39, 0.29) is 5.91 Å². The van der Waals surface area contributed by atoms with Crippen molar-refractivity contribution < 1.29 is 4.79 Å². The van der Waals surface area contributed by atoms with E-state index in [1.165, 1.54) is 22.3 Å². The van der Waals surface area contributed by atoms with E-state index in [0.29, 0.717) is 19.5 Å². The van der Waals surface area contributed by atoms with E-state index in [2.05, 4.69) is 38.2 Å². The summed E-state index contributed by atoms with van der Waals surface area (Å²) in [6, 6.07) is 4.19. The summed E-state index contributed by atoms with van der Waals surface area (Å²) < 4.78 is 0. The molecule has 0 fully saturated rings. The van der Waals surface area contributed by atoms with Crippen molar-refractivity contribution >= 4 is 5.91 Å². The molecule has 0 aliphatic heterocycles. The first-order valence-corrected chi connectivity index (χ1v) is 6.08. The van der Waals surface area contributed by atoms with Gasteiger partial charge in [-0.1, -0.05) is 12.1 Å². The molecule has 0 bridgehead atoms. The lowest BCUT2D eigenvalue weighted by Gasteiger charge is -2.12. The molecule has 1 rings (SSSR count). The second-order valence-corrected chi connectivity index (χ2v) is 4.46. The summed E-state index contributed by atoms with van der Waals surface area (Å²) in [5, 5.41) is 2.93. The van der Waals surface area contributed by atoms with Crippen molar-refractivity contribution in [3.8, 4) is 0 Å². The molecule has 94 valence electrons. The molecule has 3 heteroatoms. The highest BCUT2D eigenvalue weighted by atomic mass is 16.1. The summed E-state index contributed by atoms with van der Waals surface area (Å²) in [4.78, 5) is 11.5. The largest absolute Gasteiger partial charge is 0.352 e. The molecule has 1 amide bonds. The third kappa shape index (κ3) is 3.86. The van der Waals surface area contributed by atoms with Gasteiger partial charge in [-0.05, 0) is 56.0 Å². The summed E-state index contributed by atoms with van der Waals surface area (Å²) >= 11 is 0. The monoisotopic (exact) mass is 234 g/mol. The molecule has 17 heavy (non-hydrogen) atoms. The molecule has 0 aromatic heterocycles. The van der Waals surface area contributed by atoms with E-state index in [0.717, 1.165) is 6.42 Å². The van der Waals surface area contributed by atoms with Crippen LogP contribution in [0.25, 0.3) is 0 Å². The van der Waals surface area contributed by atoms with Gasteiger partial charge in [-0.3, -0.25) is 4.79 Å². The highest BCUT2D eigenvalue weighted by Crippen LogP contribution is 2.16. The molecule has 0 atom stereocenters. The van der Waals surface area contributed by atoms with E-state index >= 15 is 0 Å². The minimum Gasteiger partial charge on any atom is -0.352 e. The predicted molar refractivity (Wildman–Crippen MR) is 70.8 cm³/mol. The summed E-state index contributed by atoms with van der Waals surface area (Å²) in [5.74, 6) is 0.0769. The Morgan fingerprint density at radius 2 is 1.94 bits per heavy atom. The van der Waals surface area contributed by atoms with Gasteiger partial charge in [-0.15, -0.1) is 0 Å². The molecule has 0 heterocycles. The van der Waals surface area contributed by atoms with Crippen LogP contribution in [0.3, 0.4) is 0 Å². The van der Waals surface area contributed by atoms with Crippen molar-refractivity contribution in [1.29, 1.82) is 0 Å². The minimum absolute atomic E-state index is 0.0769. The van der Waals surface area contributed by atoms with E-state index in [1.54, 1.807) is 0 Å². The van der Waals surface area contributed by atoms with Gasteiger partial charge in [0.1, 0.15) is 0 Å². The molecular weight excluding hydrogens is 212 g/mol. The first-order valence-electron chi connectivity index (χ1n) is 6.08. The molecular formula is C14H22N2O. The van der Waals surface area contributed by atoms with Gasteiger partial charge < -0.3 is 11.1 Å². The number of rotatable bonds is 5. The average Bonchev–Trinajstić information content (AvgIpc) is 2.32. The van der Waals surface area contributed by atoms with Crippen LogP contribution in [-0.4, -0.2) is 12.5 Å². The molecule has 0 spiro atoms. The standard InChI is InChI=1S/C14H22N2O/c1-10-6-7-13(12(3)11(10)2)9-16-14(17)5-4-8-15/h6-7H,4-5,8-9,15H2,1-3H3,(H,16,17). The molecule has 3 N–H and O–H groups in total. The van der Waals surface area contributed by atoms with Gasteiger partial charge in [0.2, 0.25) is 5.91 Å². The van der Waals surface area contributed by atoms with Gasteiger partial charge in [0.05, 0.1) is 0 Å². The Morgan fingerprint density at radius 1 is 1.24 bits per heavy atom. The maximum absolute atomic E-state index is 11.5. The van der Waals surface area contributed by atoms with Crippen LogP contribution in [0.2, 0.25) is 0 Å². The Morgan fingerprint density at radius 3 is 2.59 bits per heavy atom. The maximum atomic E-state index is 11.5. The van der Waals surface area contributed by atoms with Crippen molar-refractivity contribution in [1.82, 2.24) is 5.32 Å². The van der Waals surface area contributed by atoms with Crippen LogP contribution in [0.4, 0.5) is 0 Å². The van der Waals surface area contributed by atoms with Gasteiger partial charge >= 0.3 is 0 Å². The smallest absolute Gasteiger partial charge is 0.220 e. The summed E-state index contributed by atoms with van der Waals surface area (Å²) in [6.07, 6.45) is 1.26. The molecule has 1 aromatic carbocycles. The highest BCUT2D eigenvalue weighted by molar-refractivity contribution is 5.75. The van der Waals surface area contributed by atoms with Crippen LogP contribution in [0, 0.1) is 20.8 Å². The van der Waals surface area contributed by atoms with Gasteiger partial charge in [-0.25, -0.2) is 0 Å². The van der Waals surface area contributed by atoms with Crippen molar-refractivity contribution in [2.24, 2.45) is 5.73 Å². The Hall–Kier alpha value is -1.35. The first-order chi connectivity index (χ1) is 8.06. The summed E-state index contributed by atoms with van der Waals surface area (Å²) in [7, 11) is 0. The SMILES string of the molecule is Cc1ccc(CNC(=O)CCCN)c(C)c1C. The number of hydrogen-bond acceptors (Lipinski definition) is 2. The molecule has 0 aliphatic carbocycles. The second-order valence-electron chi connectivity index (χ2n) is 4.46. The van der Waals surface area contributed by atoms with Crippen LogP contribution >= 0.6 is 0 Å². The minimum atomic E-state index is 0.0769. The van der Waals surface area contributed by atoms with E-state index in [4.69, 9.17) is 5.73 Å². The van der Waals surface area contributed by atoms with Crippen LogP contribution in [0.15, 0.2) is 12.1 Å². The third-order valence-corrected chi connectivity index (χ3v) is 3.25. The van der Waals surface area contributed by atoms with E-state index in [9.17, 15) is 4.79 Å². The van der Waals surface area contributed by atoms with Crippen LogP contribution < -0.4 is 11.1 Å². The number of hydrogen-bond donors (Lipinski definition) is 2. The fraction of sp³-hybridized carbons (Fsp3) is 0.500. The number of carbonyl (C=O) groups excluding carboxylic acids is 1. The lowest BCUT2D eigenvalue weighted by molar-refractivity contribution is -0.121.